The van der Waals surface area contributed by atoms with Crippen molar-refractivity contribution in [2.45, 2.75) is 19.9 Å². The Morgan fingerprint density at radius 1 is 1.40 bits per heavy atom. The minimum absolute atomic E-state index is 0.404. The van der Waals surface area contributed by atoms with Gasteiger partial charge in [-0.3, -0.25) is 0 Å². The molecule has 0 aromatic carbocycles. The van der Waals surface area contributed by atoms with Crippen LogP contribution in [0.3, 0.4) is 0 Å². The summed E-state index contributed by atoms with van der Waals surface area (Å²) in [5.41, 5.74) is 0. The highest BCUT2D eigenvalue weighted by Crippen LogP contribution is 1.93. The first-order valence-electron chi connectivity index (χ1n) is 3.26. The average molecular weight is 138 g/mol. The molecule has 0 bridgehead atoms. The normalized spacial score (nSPS) is 10.3. The molecule has 10 heavy (non-hydrogen) atoms. The standard InChI is InChI=1S/C8H14N2/c1-5-9-7-10(6-2)8(3)4/h5-8H,1-2H2,3-4H3/b9-7-. The van der Waals surface area contributed by atoms with Crippen LogP contribution in [0, 0.1) is 0 Å². The van der Waals surface area contributed by atoms with Gasteiger partial charge >= 0.3 is 0 Å². The third-order valence-electron chi connectivity index (χ3n) is 1.11. The Labute approximate surface area is 62.6 Å². The summed E-state index contributed by atoms with van der Waals surface area (Å²) in [5.74, 6) is 0. The maximum absolute atomic E-state index is 3.86. The molecule has 0 aliphatic rings. The van der Waals surface area contributed by atoms with Gasteiger partial charge < -0.3 is 4.90 Å². The van der Waals surface area contributed by atoms with E-state index in [9.17, 15) is 0 Å². The van der Waals surface area contributed by atoms with Crippen molar-refractivity contribution in [2.75, 3.05) is 0 Å². The van der Waals surface area contributed by atoms with E-state index in [1.54, 1.807) is 12.5 Å². The van der Waals surface area contributed by atoms with Gasteiger partial charge in [-0.25, -0.2) is 4.99 Å². The molecule has 0 saturated heterocycles. The van der Waals surface area contributed by atoms with E-state index in [4.69, 9.17) is 0 Å². The summed E-state index contributed by atoms with van der Waals surface area (Å²) in [6.45, 7) is 11.2. The molecule has 0 amide bonds. The second-order valence-corrected chi connectivity index (χ2v) is 2.17. The van der Waals surface area contributed by atoms with Crippen LogP contribution in [0.15, 0.2) is 30.6 Å². The largest absolute Gasteiger partial charge is 0.337 e. The minimum atomic E-state index is 0.404. The Bertz CT molecular complexity index is 136. The predicted octanol–water partition coefficient (Wildman–Crippen LogP) is 2.01. The van der Waals surface area contributed by atoms with E-state index in [2.05, 4.69) is 32.0 Å². The van der Waals surface area contributed by atoms with Crippen molar-refractivity contribution in [3.63, 3.8) is 0 Å². The molecule has 56 valence electrons. The summed E-state index contributed by atoms with van der Waals surface area (Å²) in [7, 11) is 0. The van der Waals surface area contributed by atoms with Crippen LogP contribution < -0.4 is 0 Å². The van der Waals surface area contributed by atoms with Gasteiger partial charge in [0.15, 0.2) is 0 Å². The van der Waals surface area contributed by atoms with Crippen LogP contribution in [0.5, 0.6) is 0 Å². The SMILES string of the molecule is C=C/N=C\N(C=C)C(C)C. The number of hydrogen-bond acceptors (Lipinski definition) is 1. The zero-order valence-corrected chi connectivity index (χ0v) is 6.62. The van der Waals surface area contributed by atoms with Crippen LogP contribution >= 0.6 is 0 Å². The monoisotopic (exact) mass is 138 g/mol. The van der Waals surface area contributed by atoms with Crippen molar-refractivity contribution in [1.29, 1.82) is 0 Å². The molecule has 0 rings (SSSR count). The van der Waals surface area contributed by atoms with Crippen LogP contribution in [0.25, 0.3) is 0 Å². The van der Waals surface area contributed by atoms with Crippen LogP contribution in [0.4, 0.5) is 0 Å². The molecule has 0 fully saturated rings. The van der Waals surface area contributed by atoms with E-state index >= 15 is 0 Å². The predicted molar refractivity (Wildman–Crippen MR) is 45.9 cm³/mol. The summed E-state index contributed by atoms with van der Waals surface area (Å²) in [4.78, 5) is 5.76. The van der Waals surface area contributed by atoms with Crippen LogP contribution in [0.1, 0.15) is 13.8 Å². The van der Waals surface area contributed by atoms with Crippen molar-refractivity contribution >= 4 is 6.34 Å². The Morgan fingerprint density at radius 3 is 2.30 bits per heavy atom. The highest BCUT2D eigenvalue weighted by molar-refractivity contribution is 5.57. The van der Waals surface area contributed by atoms with Gasteiger partial charge in [-0.2, -0.15) is 0 Å². The van der Waals surface area contributed by atoms with E-state index in [1.807, 2.05) is 4.90 Å². The first-order chi connectivity index (χ1) is 4.72. The summed E-state index contributed by atoms with van der Waals surface area (Å²) in [6.07, 6.45) is 4.93. The maximum Gasteiger partial charge on any atom is 0.0946 e. The molecular weight excluding hydrogens is 124 g/mol. The van der Waals surface area contributed by atoms with E-state index in [1.165, 1.54) is 6.20 Å². The molecule has 0 aromatic rings. The van der Waals surface area contributed by atoms with Gasteiger partial charge in [-0.15, -0.1) is 0 Å². The average Bonchev–Trinajstić information content (AvgIpc) is 1.89. The first kappa shape index (κ1) is 8.95. The van der Waals surface area contributed by atoms with Gasteiger partial charge in [-0.1, -0.05) is 13.2 Å². The molecule has 0 unspecified atom stereocenters. The lowest BCUT2D eigenvalue weighted by atomic mass is 10.4. The molecular formula is C8H14N2. The zero-order valence-electron chi connectivity index (χ0n) is 6.62. The second-order valence-electron chi connectivity index (χ2n) is 2.17. The molecule has 0 aromatic heterocycles. The van der Waals surface area contributed by atoms with Gasteiger partial charge in [0.2, 0.25) is 0 Å². The lowest BCUT2D eigenvalue weighted by Gasteiger charge is -2.17. The summed E-state index contributed by atoms with van der Waals surface area (Å²) < 4.78 is 0. The molecule has 2 heteroatoms. The van der Waals surface area contributed by atoms with Crippen molar-refractivity contribution in [3.05, 3.63) is 25.6 Å². The number of hydrogen-bond donors (Lipinski definition) is 0. The fourth-order valence-electron chi connectivity index (χ4n) is 0.515. The van der Waals surface area contributed by atoms with Crippen molar-refractivity contribution in [3.8, 4) is 0 Å². The Balaban J connectivity index is 3.94. The second kappa shape index (κ2) is 4.79. The molecule has 0 radical (unpaired) electrons. The summed E-state index contributed by atoms with van der Waals surface area (Å²) in [5, 5.41) is 0. The maximum atomic E-state index is 3.86. The minimum Gasteiger partial charge on any atom is -0.337 e. The Morgan fingerprint density at radius 2 is 2.00 bits per heavy atom. The molecule has 0 saturated carbocycles. The highest BCUT2D eigenvalue weighted by atomic mass is 15.1. The van der Waals surface area contributed by atoms with E-state index in [0.29, 0.717) is 6.04 Å². The highest BCUT2D eigenvalue weighted by Gasteiger charge is 1.96. The lowest BCUT2D eigenvalue weighted by Crippen LogP contribution is -2.22. The smallest absolute Gasteiger partial charge is 0.0946 e. The van der Waals surface area contributed by atoms with E-state index < -0.39 is 0 Å². The van der Waals surface area contributed by atoms with Gasteiger partial charge in [0, 0.05) is 12.2 Å². The zero-order chi connectivity index (χ0) is 7.98. The summed E-state index contributed by atoms with van der Waals surface area (Å²) in [6, 6.07) is 0.404. The molecule has 0 spiro atoms. The van der Waals surface area contributed by atoms with E-state index in [0.717, 1.165) is 0 Å². The van der Waals surface area contributed by atoms with Crippen molar-refractivity contribution < 1.29 is 0 Å². The molecule has 0 atom stereocenters. The Hall–Kier alpha value is -1.05. The first-order valence-corrected chi connectivity index (χ1v) is 3.26. The fourth-order valence-corrected chi connectivity index (χ4v) is 0.515. The van der Waals surface area contributed by atoms with Crippen LogP contribution in [-0.4, -0.2) is 17.3 Å². The lowest BCUT2D eigenvalue weighted by molar-refractivity contribution is 0.472. The Kier molecular flexibility index (Phi) is 4.29. The quantitative estimate of drug-likeness (QED) is 0.428. The topological polar surface area (TPSA) is 15.6 Å². The van der Waals surface area contributed by atoms with Gasteiger partial charge in [-0.05, 0) is 20.0 Å². The third-order valence-corrected chi connectivity index (χ3v) is 1.11. The molecule has 0 aliphatic heterocycles. The number of nitrogens with zero attached hydrogens (tertiary/aromatic N) is 2. The van der Waals surface area contributed by atoms with Gasteiger partial charge in [0.05, 0.1) is 6.34 Å². The molecule has 0 aliphatic carbocycles. The molecule has 0 heterocycles. The third kappa shape index (κ3) is 3.07. The van der Waals surface area contributed by atoms with Crippen LogP contribution in [-0.2, 0) is 0 Å². The summed E-state index contributed by atoms with van der Waals surface area (Å²) >= 11 is 0. The van der Waals surface area contributed by atoms with Crippen molar-refractivity contribution in [2.24, 2.45) is 4.99 Å². The van der Waals surface area contributed by atoms with E-state index in [-0.39, 0.29) is 0 Å². The van der Waals surface area contributed by atoms with Crippen molar-refractivity contribution in [1.82, 2.24) is 4.90 Å². The van der Waals surface area contributed by atoms with Gasteiger partial charge in [0.25, 0.3) is 0 Å². The molecule has 0 N–H and O–H groups in total. The number of aliphatic imine (C=N–C) groups is 1. The number of rotatable bonds is 4. The van der Waals surface area contributed by atoms with Crippen LogP contribution in [0.2, 0.25) is 0 Å². The fraction of sp³-hybridized carbons (Fsp3) is 0.375. The molecule has 2 nitrogen and oxygen atoms in total. The van der Waals surface area contributed by atoms with Gasteiger partial charge in [0.1, 0.15) is 0 Å².